The van der Waals surface area contributed by atoms with Gasteiger partial charge in [-0.2, -0.15) is 0 Å². The molecular formula is C12H19N5. The third-order valence-electron chi connectivity index (χ3n) is 3.79. The summed E-state index contributed by atoms with van der Waals surface area (Å²) < 4.78 is 0. The number of hydrogen-bond donors (Lipinski definition) is 1. The van der Waals surface area contributed by atoms with Crippen LogP contribution in [0, 0.1) is 0 Å². The van der Waals surface area contributed by atoms with Crippen molar-refractivity contribution in [3.8, 4) is 0 Å². The third-order valence-corrected chi connectivity index (χ3v) is 3.79. The Balaban J connectivity index is 1.75. The minimum Gasteiger partial charge on any atom is -0.372 e. The lowest BCUT2D eigenvalue weighted by molar-refractivity contribution is 0.230. The van der Waals surface area contributed by atoms with Crippen LogP contribution in [-0.2, 0) is 0 Å². The molecule has 1 atom stereocenters. The van der Waals surface area contributed by atoms with Gasteiger partial charge in [-0.3, -0.25) is 9.88 Å². The van der Waals surface area contributed by atoms with Gasteiger partial charge in [0.05, 0.1) is 12.4 Å². The zero-order valence-corrected chi connectivity index (χ0v) is 10.3. The molecule has 2 saturated heterocycles. The standard InChI is InChI=1S/C12H19N5/c1-13-11-7-14-8-12(15-11)17-6-5-16-4-2-3-10(16)9-17/h7-8,10H,2-6,9H2,1H3,(H,13,15). The van der Waals surface area contributed by atoms with Crippen LogP contribution in [0.15, 0.2) is 12.4 Å². The van der Waals surface area contributed by atoms with E-state index in [0.717, 1.165) is 37.3 Å². The molecule has 0 spiro atoms. The first-order valence-electron chi connectivity index (χ1n) is 6.35. The van der Waals surface area contributed by atoms with E-state index < -0.39 is 0 Å². The number of hydrogen-bond acceptors (Lipinski definition) is 5. The molecular weight excluding hydrogens is 214 g/mol. The summed E-state index contributed by atoms with van der Waals surface area (Å²) in [6, 6.07) is 0.726. The average molecular weight is 233 g/mol. The Labute approximate surface area is 102 Å². The predicted molar refractivity (Wildman–Crippen MR) is 68.4 cm³/mol. The zero-order valence-electron chi connectivity index (χ0n) is 10.3. The average Bonchev–Trinajstić information content (AvgIpc) is 2.86. The Hall–Kier alpha value is -1.36. The Morgan fingerprint density at radius 2 is 2.24 bits per heavy atom. The molecule has 0 saturated carbocycles. The third kappa shape index (κ3) is 2.07. The molecule has 0 aliphatic carbocycles. The van der Waals surface area contributed by atoms with Crippen molar-refractivity contribution in [2.45, 2.75) is 18.9 Å². The molecule has 1 aromatic heterocycles. The fourth-order valence-corrected chi connectivity index (χ4v) is 2.83. The van der Waals surface area contributed by atoms with Crippen LogP contribution in [0.1, 0.15) is 12.8 Å². The van der Waals surface area contributed by atoms with Crippen LogP contribution in [0.2, 0.25) is 0 Å². The van der Waals surface area contributed by atoms with E-state index in [4.69, 9.17) is 0 Å². The van der Waals surface area contributed by atoms with Gasteiger partial charge in [-0.25, -0.2) is 4.98 Å². The van der Waals surface area contributed by atoms with Gasteiger partial charge in [0.2, 0.25) is 0 Å². The van der Waals surface area contributed by atoms with Crippen molar-refractivity contribution in [2.75, 3.05) is 43.4 Å². The smallest absolute Gasteiger partial charge is 0.149 e. The molecule has 2 aliphatic rings. The molecule has 3 heterocycles. The minimum absolute atomic E-state index is 0.726. The summed E-state index contributed by atoms with van der Waals surface area (Å²) in [5.74, 6) is 1.85. The number of anilines is 2. The number of aromatic nitrogens is 2. The molecule has 3 rings (SSSR count). The van der Waals surface area contributed by atoms with Crippen molar-refractivity contribution in [1.29, 1.82) is 0 Å². The van der Waals surface area contributed by atoms with E-state index in [2.05, 4.69) is 25.1 Å². The fraction of sp³-hybridized carbons (Fsp3) is 0.667. The summed E-state index contributed by atoms with van der Waals surface area (Å²) in [5, 5.41) is 3.04. The van der Waals surface area contributed by atoms with Gasteiger partial charge in [0.1, 0.15) is 11.6 Å². The van der Waals surface area contributed by atoms with E-state index >= 15 is 0 Å². The van der Waals surface area contributed by atoms with Crippen LogP contribution in [-0.4, -0.2) is 54.1 Å². The molecule has 5 heteroatoms. The van der Waals surface area contributed by atoms with Gasteiger partial charge in [0, 0.05) is 32.7 Å². The van der Waals surface area contributed by atoms with Crippen molar-refractivity contribution in [3.05, 3.63) is 12.4 Å². The van der Waals surface area contributed by atoms with Crippen LogP contribution in [0.3, 0.4) is 0 Å². The fourth-order valence-electron chi connectivity index (χ4n) is 2.83. The summed E-state index contributed by atoms with van der Waals surface area (Å²) >= 11 is 0. The lowest BCUT2D eigenvalue weighted by Crippen LogP contribution is -2.50. The van der Waals surface area contributed by atoms with E-state index in [-0.39, 0.29) is 0 Å². The number of rotatable bonds is 2. The maximum Gasteiger partial charge on any atom is 0.149 e. The van der Waals surface area contributed by atoms with Gasteiger partial charge in [-0.1, -0.05) is 0 Å². The molecule has 92 valence electrons. The van der Waals surface area contributed by atoms with E-state index in [1.54, 1.807) is 6.20 Å². The van der Waals surface area contributed by atoms with E-state index in [1.165, 1.54) is 19.4 Å². The highest BCUT2D eigenvalue weighted by molar-refractivity contribution is 5.44. The highest BCUT2D eigenvalue weighted by Gasteiger charge is 2.31. The molecule has 0 radical (unpaired) electrons. The van der Waals surface area contributed by atoms with Crippen LogP contribution in [0.4, 0.5) is 11.6 Å². The van der Waals surface area contributed by atoms with E-state index in [1.807, 2.05) is 13.2 Å². The van der Waals surface area contributed by atoms with E-state index in [0.29, 0.717) is 0 Å². The summed E-state index contributed by atoms with van der Waals surface area (Å²) in [7, 11) is 1.88. The predicted octanol–water partition coefficient (Wildman–Crippen LogP) is 0.803. The number of fused-ring (bicyclic) bond motifs is 1. The SMILES string of the molecule is CNc1cncc(N2CCN3CCCC3C2)n1. The molecule has 1 N–H and O–H groups in total. The molecule has 1 unspecified atom stereocenters. The quantitative estimate of drug-likeness (QED) is 0.818. The second-order valence-corrected chi connectivity index (χ2v) is 4.79. The monoisotopic (exact) mass is 233 g/mol. The van der Waals surface area contributed by atoms with Crippen molar-refractivity contribution >= 4 is 11.6 Å². The summed E-state index contributed by atoms with van der Waals surface area (Å²) in [5.41, 5.74) is 0. The Morgan fingerprint density at radius 3 is 3.12 bits per heavy atom. The lowest BCUT2D eigenvalue weighted by atomic mass is 10.1. The lowest BCUT2D eigenvalue weighted by Gasteiger charge is -2.38. The van der Waals surface area contributed by atoms with Crippen molar-refractivity contribution in [1.82, 2.24) is 14.9 Å². The molecule has 17 heavy (non-hydrogen) atoms. The number of piperazine rings is 1. The van der Waals surface area contributed by atoms with Gasteiger partial charge in [-0.05, 0) is 19.4 Å². The number of nitrogens with one attached hydrogen (secondary N) is 1. The van der Waals surface area contributed by atoms with Crippen LogP contribution >= 0.6 is 0 Å². The molecule has 2 aliphatic heterocycles. The molecule has 1 aromatic rings. The Bertz CT molecular complexity index is 394. The molecule has 0 aromatic carbocycles. The van der Waals surface area contributed by atoms with Gasteiger partial charge in [-0.15, -0.1) is 0 Å². The maximum absolute atomic E-state index is 4.56. The molecule has 2 fully saturated rings. The maximum atomic E-state index is 4.56. The minimum atomic E-state index is 0.726. The molecule has 0 amide bonds. The topological polar surface area (TPSA) is 44.3 Å². The first-order valence-corrected chi connectivity index (χ1v) is 6.35. The van der Waals surface area contributed by atoms with Crippen molar-refractivity contribution in [2.24, 2.45) is 0 Å². The van der Waals surface area contributed by atoms with Crippen LogP contribution in [0.25, 0.3) is 0 Å². The normalized spacial score (nSPS) is 24.8. The molecule has 5 nitrogen and oxygen atoms in total. The highest BCUT2D eigenvalue weighted by atomic mass is 15.3. The van der Waals surface area contributed by atoms with Crippen molar-refractivity contribution < 1.29 is 0 Å². The number of nitrogens with zero attached hydrogens (tertiary/aromatic N) is 4. The van der Waals surface area contributed by atoms with Crippen LogP contribution in [0.5, 0.6) is 0 Å². The largest absolute Gasteiger partial charge is 0.372 e. The Morgan fingerprint density at radius 1 is 1.29 bits per heavy atom. The first-order chi connectivity index (χ1) is 8.36. The van der Waals surface area contributed by atoms with Gasteiger partial charge in [0.15, 0.2) is 0 Å². The zero-order chi connectivity index (χ0) is 11.7. The van der Waals surface area contributed by atoms with E-state index in [9.17, 15) is 0 Å². The second-order valence-electron chi connectivity index (χ2n) is 4.79. The first kappa shape index (κ1) is 10.8. The van der Waals surface area contributed by atoms with Gasteiger partial charge < -0.3 is 10.2 Å². The summed E-state index contributed by atoms with van der Waals surface area (Å²) in [6.45, 7) is 4.61. The second kappa shape index (κ2) is 4.49. The van der Waals surface area contributed by atoms with Crippen molar-refractivity contribution in [3.63, 3.8) is 0 Å². The molecule has 0 bridgehead atoms. The highest BCUT2D eigenvalue weighted by Crippen LogP contribution is 2.24. The van der Waals surface area contributed by atoms with Gasteiger partial charge in [0.25, 0.3) is 0 Å². The Kier molecular flexibility index (Phi) is 2.84. The van der Waals surface area contributed by atoms with Crippen LogP contribution < -0.4 is 10.2 Å². The summed E-state index contributed by atoms with van der Waals surface area (Å²) in [4.78, 5) is 13.8. The van der Waals surface area contributed by atoms with Gasteiger partial charge >= 0.3 is 0 Å². The summed E-state index contributed by atoms with van der Waals surface area (Å²) in [6.07, 6.45) is 6.30.